The summed E-state index contributed by atoms with van der Waals surface area (Å²) in [5.74, 6) is 0.685. The highest BCUT2D eigenvalue weighted by Gasteiger charge is 2.16. The van der Waals surface area contributed by atoms with Crippen LogP contribution in [0.1, 0.15) is 27.2 Å². The van der Waals surface area contributed by atoms with E-state index < -0.39 is 0 Å². The Morgan fingerprint density at radius 2 is 1.82 bits per heavy atom. The topological polar surface area (TPSA) is 30.2 Å². The summed E-state index contributed by atoms with van der Waals surface area (Å²) >= 11 is 6.84. The third kappa shape index (κ3) is 2.53. The number of aryl methyl sites for hydroxylation is 2. The fourth-order valence-corrected chi connectivity index (χ4v) is 2.52. The lowest BCUT2D eigenvalue weighted by Gasteiger charge is -2.05. The van der Waals surface area contributed by atoms with E-state index in [0.29, 0.717) is 11.1 Å². The molecule has 0 N–H and O–H groups in total. The molecular weight excluding hydrogens is 348 g/mol. The number of hydrogen-bond donors (Lipinski definition) is 0. The van der Waals surface area contributed by atoms with Gasteiger partial charge in [-0.3, -0.25) is 4.79 Å². The molecule has 1 aromatic carbocycles. The second-order valence-corrected chi connectivity index (χ2v) is 5.57. The van der Waals surface area contributed by atoms with Crippen LogP contribution < -0.4 is 0 Å². The van der Waals surface area contributed by atoms with E-state index >= 15 is 0 Å². The predicted molar refractivity (Wildman–Crippen MR) is 73.5 cm³/mol. The highest BCUT2D eigenvalue weighted by Crippen LogP contribution is 2.27. The maximum absolute atomic E-state index is 12.2. The lowest BCUT2D eigenvalue weighted by atomic mass is 10.0. The summed E-state index contributed by atoms with van der Waals surface area (Å²) in [5.41, 5.74) is 2.28. The van der Waals surface area contributed by atoms with Crippen molar-refractivity contribution in [1.29, 1.82) is 0 Å². The van der Waals surface area contributed by atoms with Crippen molar-refractivity contribution in [1.82, 2.24) is 0 Å². The van der Waals surface area contributed by atoms with Crippen LogP contribution in [0.25, 0.3) is 0 Å². The van der Waals surface area contributed by atoms with Crippen molar-refractivity contribution in [2.45, 2.75) is 13.8 Å². The van der Waals surface area contributed by atoms with Gasteiger partial charge in [0.15, 0.2) is 5.78 Å². The van der Waals surface area contributed by atoms with Gasteiger partial charge in [-0.1, -0.05) is 31.9 Å². The number of benzene rings is 1. The smallest absolute Gasteiger partial charge is 0.197 e. The molecule has 2 nitrogen and oxygen atoms in total. The van der Waals surface area contributed by atoms with E-state index in [-0.39, 0.29) is 5.78 Å². The van der Waals surface area contributed by atoms with Crippen molar-refractivity contribution >= 4 is 37.6 Å². The van der Waals surface area contributed by atoms with Crippen LogP contribution in [0.3, 0.4) is 0 Å². The van der Waals surface area contributed by atoms with Crippen LogP contribution in [0.4, 0.5) is 0 Å². The third-order valence-corrected chi connectivity index (χ3v) is 4.00. The molecule has 0 unspecified atom stereocenters. The lowest BCUT2D eigenvalue weighted by molar-refractivity contribution is 0.103. The van der Waals surface area contributed by atoms with Gasteiger partial charge < -0.3 is 4.42 Å². The second kappa shape index (κ2) is 4.78. The van der Waals surface area contributed by atoms with E-state index in [1.165, 1.54) is 6.26 Å². The molecule has 0 amide bonds. The van der Waals surface area contributed by atoms with E-state index in [9.17, 15) is 4.79 Å². The molecule has 4 heteroatoms. The Morgan fingerprint density at radius 3 is 2.41 bits per heavy atom. The van der Waals surface area contributed by atoms with Crippen LogP contribution in [-0.4, -0.2) is 5.78 Å². The maximum atomic E-state index is 12.2. The highest BCUT2D eigenvalue weighted by molar-refractivity contribution is 9.11. The molecular formula is C13H10Br2O2. The minimum absolute atomic E-state index is 0.0468. The minimum atomic E-state index is -0.0468. The number of halogens is 2. The largest absolute Gasteiger partial charge is 0.469 e. The van der Waals surface area contributed by atoms with Crippen LogP contribution in [0.15, 0.2) is 37.8 Å². The zero-order valence-electron chi connectivity index (χ0n) is 9.38. The summed E-state index contributed by atoms with van der Waals surface area (Å²) in [6.07, 6.45) is 1.48. The van der Waals surface area contributed by atoms with E-state index in [4.69, 9.17) is 4.42 Å². The van der Waals surface area contributed by atoms with Crippen molar-refractivity contribution in [3.05, 3.63) is 55.9 Å². The van der Waals surface area contributed by atoms with Crippen LogP contribution in [-0.2, 0) is 0 Å². The predicted octanol–water partition coefficient (Wildman–Crippen LogP) is 4.65. The molecule has 2 aromatic rings. The average molecular weight is 358 g/mol. The Bertz CT molecular complexity index is 585. The first kappa shape index (κ1) is 12.6. The minimum Gasteiger partial charge on any atom is -0.469 e. The molecule has 0 fully saturated rings. The number of rotatable bonds is 2. The summed E-state index contributed by atoms with van der Waals surface area (Å²) in [7, 11) is 0. The first-order valence-electron chi connectivity index (χ1n) is 5.04. The quantitative estimate of drug-likeness (QED) is 0.732. The standard InChI is InChI=1S/C13H10Br2O2/c1-7-3-12(15)10(5-11(7)14)13(16)9-4-8(2)17-6-9/h3-6H,1-2H3. The molecule has 1 heterocycles. The summed E-state index contributed by atoms with van der Waals surface area (Å²) in [5, 5.41) is 0. The summed E-state index contributed by atoms with van der Waals surface area (Å²) in [4.78, 5) is 12.2. The number of ketones is 1. The number of carbonyl (C=O) groups is 1. The molecule has 0 aliphatic carbocycles. The Hall–Kier alpha value is -0.870. The molecule has 0 spiro atoms. The van der Waals surface area contributed by atoms with Gasteiger partial charge in [0, 0.05) is 14.5 Å². The van der Waals surface area contributed by atoms with Gasteiger partial charge in [0.25, 0.3) is 0 Å². The van der Waals surface area contributed by atoms with E-state index in [1.807, 2.05) is 26.0 Å². The molecule has 0 saturated carbocycles. The van der Waals surface area contributed by atoms with Gasteiger partial charge in [0.05, 0.1) is 5.56 Å². The van der Waals surface area contributed by atoms with Crippen LogP contribution in [0.5, 0.6) is 0 Å². The van der Waals surface area contributed by atoms with Crippen molar-refractivity contribution in [3.8, 4) is 0 Å². The lowest BCUT2D eigenvalue weighted by Crippen LogP contribution is -2.01. The van der Waals surface area contributed by atoms with E-state index in [1.54, 1.807) is 6.07 Å². The van der Waals surface area contributed by atoms with Gasteiger partial charge in [-0.25, -0.2) is 0 Å². The van der Waals surface area contributed by atoms with Gasteiger partial charge >= 0.3 is 0 Å². The zero-order chi connectivity index (χ0) is 12.6. The van der Waals surface area contributed by atoms with E-state index in [0.717, 1.165) is 20.3 Å². The van der Waals surface area contributed by atoms with E-state index in [2.05, 4.69) is 31.9 Å². The highest BCUT2D eigenvalue weighted by atomic mass is 79.9. The Labute approximate surface area is 116 Å². The van der Waals surface area contributed by atoms with Crippen molar-refractivity contribution < 1.29 is 9.21 Å². The first-order valence-corrected chi connectivity index (χ1v) is 6.63. The molecule has 2 rings (SSSR count). The summed E-state index contributed by atoms with van der Waals surface area (Å²) < 4.78 is 6.87. The number of hydrogen-bond acceptors (Lipinski definition) is 2. The third-order valence-electron chi connectivity index (χ3n) is 2.49. The van der Waals surface area contributed by atoms with Gasteiger partial charge in [0.2, 0.25) is 0 Å². The Balaban J connectivity index is 2.47. The van der Waals surface area contributed by atoms with Crippen LogP contribution in [0, 0.1) is 13.8 Å². The van der Waals surface area contributed by atoms with Crippen LogP contribution in [0.2, 0.25) is 0 Å². The average Bonchev–Trinajstić information content (AvgIpc) is 2.69. The van der Waals surface area contributed by atoms with Crippen molar-refractivity contribution in [2.24, 2.45) is 0 Å². The van der Waals surface area contributed by atoms with Crippen molar-refractivity contribution in [2.75, 3.05) is 0 Å². The SMILES string of the molecule is Cc1cc(C(=O)c2cc(Br)c(C)cc2Br)co1. The Morgan fingerprint density at radius 1 is 1.12 bits per heavy atom. The number of carbonyl (C=O) groups excluding carboxylic acids is 1. The first-order chi connectivity index (χ1) is 7.99. The van der Waals surface area contributed by atoms with Crippen LogP contribution >= 0.6 is 31.9 Å². The second-order valence-electron chi connectivity index (χ2n) is 3.86. The Kier molecular flexibility index (Phi) is 3.54. The summed E-state index contributed by atoms with van der Waals surface area (Å²) in [6.45, 7) is 3.79. The van der Waals surface area contributed by atoms with Gasteiger partial charge in [-0.15, -0.1) is 0 Å². The van der Waals surface area contributed by atoms with Gasteiger partial charge in [0.1, 0.15) is 12.0 Å². The molecule has 17 heavy (non-hydrogen) atoms. The molecule has 0 radical (unpaired) electrons. The van der Waals surface area contributed by atoms with Gasteiger partial charge in [-0.05, 0) is 37.6 Å². The monoisotopic (exact) mass is 356 g/mol. The fourth-order valence-electron chi connectivity index (χ4n) is 1.54. The molecule has 1 aromatic heterocycles. The molecule has 88 valence electrons. The normalized spacial score (nSPS) is 10.6. The molecule has 0 aliphatic heterocycles. The summed E-state index contributed by atoms with van der Waals surface area (Å²) in [6, 6.07) is 5.48. The molecule has 0 aliphatic rings. The number of furan rings is 1. The van der Waals surface area contributed by atoms with Crippen molar-refractivity contribution in [3.63, 3.8) is 0 Å². The fraction of sp³-hybridized carbons (Fsp3) is 0.154. The zero-order valence-corrected chi connectivity index (χ0v) is 12.6. The maximum Gasteiger partial charge on any atom is 0.197 e. The molecule has 0 saturated heterocycles. The molecule has 0 atom stereocenters. The van der Waals surface area contributed by atoms with Gasteiger partial charge in [-0.2, -0.15) is 0 Å². The molecule has 0 bridgehead atoms.